The molecule has 0 heterocycles. The van der Waals surface area contributed by atoms with E-state index in [1.165, 1.54) is 24.3 Å². The Morgan fingerprint density at radius 3 is 2.55 bits per heavy atom. The molecule has 2 aromatic rings. The van der Waals surface area contributed by atoms with Gasteiger partial charge in [-0.05, 0) is 35.9 Å². The molecule has 2 aromatic carbocycles. The Morgan fingerprint density at radius 2 is 1.86 bits per heavy atom. The molecule has 9 heteroatoms. The number of benzene rings is 2. The van der Waals surface area contributed by atoms with Gasteiger partial charge in [-0.25, -0.2) is 9.18 Å². The predicted molar refractivity (Wildman–Crippen MR) is 101 cm³/mol. The molecule has 29 heavy (non-hydrogen) atoms. The molecule has 0 bridgehead atoms. The number of aromatic carboxylic acids is 1. The number of anilines is 1. The van der Waals surface area contributed by atoms with Crippen LogP contribution in [0, 0.1) is 5.82 Å². The van der Waals surface area contributed by atoms with Crippen molar-refractivity contribution in [1.29, 1.82) is 0 Å². The van der Waals surface area contributed by atoms with Crippen LogP contribution in [-0.2, 0) is 16.0 Å². The maximum atomic E-state index is 13.7. The van der Waals surface area contributed by atoms with Gasteiger partial charge in [0.15, 0.2) is 17.9 Å². The fourth-order valence-corrected chi connectivity index (χ4v) is 2.49. The molecule has 2 rings (SSSR count). The highest BCUT2D eigenvalue weighted by atomic mass is 19.1. The van der Waals surface area contributed by atoms with Crippen LogP contribution in [-0.4, -0.2) is 54.8 Å². The number of carbonyl (C=O) groups is 3. The molecule has 0 fully saturated rings. The van der Waals surface area contributed by atoms with Crippen molar-refractivity contribution in [2.45, 2.75) is 6.42 Å². The predicted octanol–water partition coefficient (Wildman–Crippen LogP) is 2.47. The zero-order valence-electron chi connectivity index (χ0n) is 15.4. The van der Waals surface area contributed by atoms with E-state index in [0.29, 0.717) is 30.7 Å². The summed E-state index contributed by atoms with van der Waals surface area (Å²) in [6.07, 6.45) is 0.255. The van der Waals surface area contributed by atoms with Gasteiger partial charge >= 0.3 is 11.9 Å². The van der Waals surface area contributed by atoms with E-state index in [1.54, 1.807) is 6.07 Å². The van der Waals surface area contributed by atoms with Crippen LogP contribution < -0.4 is 10.1 Å². The Hall–Kier alpha value is -3.46. The summed E-state index contributed by atoms with van der Waals surface area (Å²) in [7, 11) is 0. The Morgan fingerprint density at radius 1 is 1.07 bits per heavy atom. The molecule has 154 valence electrons. The van der Waals surface area contributed by atoms with E-state index in [4.69, 9.17) is 19.7 Å². The van der Waals surface area contributed by atoms with Crippen molar-refractivity contribution in [3.05, 3.63) is 58.9 Å². The summed E-state index contributed by atoms with van der Waals surface area (Å²) in [5.74, 6) is -2.81. The van der Waals surface area contributed by atoms with Crippen molar-refractivity contribution in [3.8, 4) is 5.75 Å². The Balaban J connectivity index is 1.71. The number of rotatable bonds is 12. The quantitative estimate of drug-likeness (QED) is 0.364. The summed E-state index contributed by atoms with van der Waals surface area (Å²) in [5, 5.41) is 20.7. The van der Waals surface area contributed by atoms with Gasteiger partial charge in [0.05, 0.1) is 25.2 Å². The number of halogens is 1. The maximum Gasteiger partial charge on any atom is 0.336 e. The van der Waals surface area contributed by atoms with Gasteiger partial charge in [-0.15, -0.1) is 0 Å². The van der Waals surface area contributed by atoms with Crippen LogP contribution in [0.4, 0.5) is 10.1 Å². The van der Waals surface area contributed by atoms with Crippen molar-refractivity contribution in [2.75, 3.05) is 31.7 Å². The smallest absolute Gasteiger partial charge is 0.336 e. The number of nitrogens with one attached hydrogen (secondary N) is 1. The van der Waals surface area contributed by atoms with E-state index in [0.717, 1.165) is 6.07 Å². The van der Waals surface area contributed by atoms with Crippen LogP contribution in [0.15, 0.2) is 36.4 Å². The first-order chi connectivity index (χ1) is 13.9. The summed E-state index contributed by atoms with van der Waals surface area (Å²) in [5.41, 5.74) is 1.01. The zero-order valence-corrected chi connectivity index (χ0v) is 15.4. The van der Waals surface area contributed by atoms with Gasteiger partial charge in [-0.2, -0.15) is 0 Å². The third-order valence-corrected chi connectivity index (χ3v) is 3.82. The molecular weight excluding hydrogens is 385 g/mol. The van der Waals surface area contributed by atoms with Gasteiger partial charge < -0.3 is 25.0 Å². The van der Waals surface area contributed by atoms with E-state index >= 15 is 0 Å². The number of hydrogen-bond acceptors (Lipinski definition) is 6. The second-order valence-corrected chi connectivity index (χ2v) is 5.95. The minimum absolute atomic E-state index is 0.0367. The van der Waals surface area contributed by atoms with Crippen molar-refractivity contribution in [2.24, 2.45) is 0 Å². The second-order valence-electron chi connectivity index (χ2n) is 5.95. The lowest BCUT2D eigenvalue weighted by atomic mass is 10.1. The first kappa shape index (κ1) is 21.8. The zero-order chi connectivity index (χ0) is 21.2. The first-order valence-corrected chi connectivity index (χ1v) is 8.68. The number of aldehydes is 1. The molecule has 0 aromatic heterocycles. The number of carbonyl (C=O) groups excluding carboxylic acids is 1. The van der Waals surface area contributed by atoms with Crippen LogP contribution >= 0.6 is 0 Å². The van der Waals surface area contributed by atoms with E-state index in [-0.39, 0.29) is 36.5 Å². The standard InChI is InChI=1S/C20H20FNO7/c21-17-4-1-13(10-19(24)25)9-18(17)29-8-7-28-6-5-22-15-2-3-16(20(26)27)14(11-15)12-23/h1-4,9,11-12,22H,5-8,10H2,(H,24,25)(H,26,27). The minimum Gasteiger partial charge on any atom is -0.488 e. The van der Waals surface area contributed by atoms with E-state index < -0.39 is 17.8 Å². The van der Waals surface area contributed by atoms with Crippen molar-refractivity contribution in [3.63, 3.8) is 0 Å². The Labute approximate surface area is 165 Å². The average Bonchev–Trinajstić information content (AvgIpc) is 2.68. The topological polar surface area (TPSA) is 122 Å². The maximum absolute atomic E-state index is 13.7. The van der Waals surface area contributed by atoms with E-state index in [9.17, 15) is 18.8 Å². The lowest BCUT2D eigenvalue weighted by molar-refractivity contribution is -0.136. The Bertz CT molecular complexity index is 885. The molecule has 0 saturated heterocycles. The summed E-state index contributed by atoms with van der Waals surface area (Å²) in [4.78, 5) is 32.6. The lowest BCUT2D eigenvalue weighted by Gasteiger charge is -2.11. The third kappa shape index (κ3) is 6.89. The molecule has 0 radical (unpaired) electrons. The van der Waals surface area contributed by atoms with E-state index in [1.807, 2.05) is 0 Å². The monoisotopic (exact) mass is 405 g/mol. The van der Waals surface area contributed by atoms with Crippen molar-refractivity contribution >= 4 is 23.9 Å². The van der Waals surface area contributed by atoms with Crippen LogP contribution in [0.3, 0.4) is 0 Å². The van der Waals surface area contributed by atoms with Crippen LogP contribution in [0.1, 0.15) is 26.3 Å². The SMILES string of the molecule is O=Cc1cc(NCCOCCOc2cc(CC(=O)O)ccc2F)ccc1C(=O)O. The normalized spacial score (nSPS) is 10.4. The highest BCUT2D eigenvalue weighted by Crippen LogP contribution is 2.19. The highest BCUT2D eigenvalue weighted by molar-refractivity contribution is 5.97. The first-order valence-electron chi connectivity index (χ1n) is 8.68. The van der Waals surface area contributed by atoms with Gasteiger partial charge in [0.1, 0.15) is 6.61 Å². The van der Waals surface area contributed by atoms with Crippen molar-refractivity contribution in [1.82, 2.24) is 0 Å². The number of hydrogen-bond donors (Lipinski definition) is 3. The summed E-state index contributed by atoms with van der Waals surface area (Å²) in [6.45, 7) is 0.951. The fourth-order valence-electron chi connectivity index (χ4n) is 2.49. The number of ether oxygens (including phenoxy) is 2. The minimum atomic E-state index is -1.17. The molecule has 0 saturated carbocycles. The Kier molecular flexibility index (Phi) is 8.11. The second kappa shape index (κ2) is 10.8. The number of carboxylic acids is 2. The molecule has 0 unspecified atom stereocenters. The molecular formula is C20H20FNO7. The summed E-state index contributed by atoms with van der Waals surface area (Å²) < 4.78 is 24.3. The molecule has 0 amide bonds. The van der Waals surface area contributed by atoms with E-state index in [2.05, 4.69) is 5.32 Å². The summed E-state index contributed by atoms with van der Waals surface area (Å²) >= 11 is 0. The van der Waals surface area contributed by atoms with Gasteiger partial charge in [0.2, 0.25) is 0 Å². The van der Waals surface area contributed by atoms with Gasteiger partial charge in [0.25, 0.3) is 0 Å². The largest absolute Gasteiger partial charge is 0.488 e. The fraction of sp³-hybridized carbons (Fsp3) is 0.250. The lowest BCUT2D eigenvalue weighted by Crippen LogP contribution is -2.14. The molecule has 0 aliphatic carbocycles. The number of aliphatic carboxylic acids is 1. The van der Waals surface area contributed by atoms with Gasteiger partial charge in [-0.3, -0.25) is 9.59 Å². The van der Waals surface area contributed by atoms with Crippen LogP contribution in [0.5, 0.6) is 5.75 Å². The highest BCUT2D eigenvalue weighted by Gasteiger charge is 2.10. The molecule has 3 N–H and O–H groups in total. The molecule has 8 nitrogen and oxygen atoms in total. The average molecular weight is 405 g/mol. The van der Waals surface area contributed by atoms with Gasteiger partial charge in [-0.1, -0.05) is 6.07 Å². The molecule has 0 atom stereocenters. The molecule has 0 spiro atoms. The van der Waals surface area contributed by atoms with Crippen molar-refractivity contribution < 1.29 is 38.5 Å². The number of carboxylic acid groups (broad SMARTS) is 2. The summed E-state index contributed by atoms with van der Waals surface area (Å²) in [6, 6.07) is 8.21. The van der Waals surface area contributed by atoms with Gasteiger partial charge in [0, 0.05) is 17.8 Å². The third-order valence-electron chi connectivity index (χ3n) is 3.82. The molecule has 0 aliphatic rings. The van der Waals surface area contributed by atoms with Crippen LogP contribution in [0.2, 0.25) is 0 Å². The molecule has 0 aliphatic heterocycles. The van der Waals surface area contributed by atoms with Crippen LogP contribution in [0.25, 0.3) is 0 Å².